The van der Waals surface area contributed by atoms with Crippen LogP contribution in [0.25, 0.3) is 0 Å². The predicted octanol–water partition coefficient (Wildman–Crippen LogP) is 4.85. The van der Waals surface area contributed by atoms with Gasteiger partial charge in [-0.1, -0.05) is 50.9 Å². The average molecular weight is 418 g/mol. The fourth-order valence-corrected chi connectivity index (χ4v) is 4.04. The van der Waals surface area contributed by atoms with Crippen molar-refractivity contribution < 1.29 is 9.53 Å². The van der Waals surface area contributed by atoms with E-state index in [9.17, 15) is 4.79 Å². The number of ether oxygens (including phenoxy) is 1. The van der Waals surface area contributed by atoms with Crippen LogP contribution in [0.2, 0.25) is 10.0 Å². The SMILES string of the molecule is NCCSSCCC(=O)Nc1ccc(Oc2c(Cl)cccc2Cl)nc1. The monoisotopic (exact) mass is 417 g/mol. The number of carbonyl (C=O) groups excluding carboxylic acids is 1. The van der Waals surface area contributed by atoms with Crippen molar-refractivity contribution in [3.63, 3.8) is 0 Å². The van der Waals surface area contributed by atoms with Crippen molar-refractivity contribution in [2.45, 2.75) is 6.42 Å². The molecule has 0 spiro atoms. The largest absolute Gasteiger partial charge is 0.436 e. The molecule has 2 aromatic rings. The highest BCUT2D eigenvalue weighted by atomic mass is 35.5. The molecule has 1 amide bonds. The van der Waals surface area contributed by atoms with E-state index in [-0.39, 0.29) is 5.91 Å². The lowest BCUT2D eigenvalue weighted by atomic mass is 10.3. The van der Waals surface area contributed by atoms with Crippen molar-refractivity contribution in [2.24, 2.45) is 5.73 Å². The molecule has 25 heavy (non-hydrogen) atoms. The number of aromatic nitrogens is 1. The Morgan fingerprint density at radius 1 is 1.16 bits per heavy atom. The molecule has 0 aliphatic rings. The molecule has 0 aliphatic heterocycles. The van der Waals surface area contributed by atoms with E-state index in [0.29, 0.717) is 40.3 Å². The van der Waals surface area contributed by atoms with Gasteiger partial charge in [-0.25, -0.2) is 4.98 Å². The second kappa shape index (κ2) is 10.8. The first-order chi connectivity index (χ1) is 12.1. The first-order valence-corrected chi connectivity index (χ1v) is 10.7. The van der Waals surface area contributed by atoms with Gasteiger partial charge in [0.2, 0.25) is 11.8 Å². The highest BCUT2D eigenvalue weighted by molar-refractivity contribution is 8.76. The molecule has 134 valence electrons. The molecule has 0 radical (unpaired) electrons. The van der Waals surface area contributed by atoms with Crippen LogP contribution in [0.15, 0.2) is 36.5 Å². The van der Waals surface area contributed by atoms with E-state index >= 15 is 0 Å². The second-order valence-corrected chi connectivity index (χ2v) is 8.29. The highest BCUT2D eigenvalue weighted by Gasteiger charge is 2.09. The summed E-state index contributed by atoms with van der Waals surface area (Å²) in [6.07, 6.45) is 1.95. The van der Waals surface area contributed by atoms with Crippen LogP contribution in [-0.2, 0) is 4.79 Å². The van der Waals surface area contributed by atoms with Gasteiger partial charge in [0.25, 0.3) is 0 Å². The fraction of sp³-hybridized carbons (Fsp3) is 0.250. The predicted molar refractivity (Wildman–Crippen MR) is 108 cm³/mol. The van der Waals surface area contributed by atoms with Crippen LogP contribution in [0.1, 0.15) is 6.42 Å². The van der Waals surface area contributed by atoms with Crippen LogP contribution in [0.5, 0.6) is 11.6 Å². The molecule has 1 aromatic carbocycles. The molecule has 0 fully saturated rings. The van der Waals surface area contributed by atoms with E-state index in [1.807, 2.05) is 0 Å². The van der Waals surface area contributed by atoms with E-state index in [4.69, 9.17) is 33.7 Å². The summed E-state index contributed by atoms with van der Waals surface area (Å²) in [6, 6.07) is 8.45. The minimum atomic E-state index is -0.0644. The third-order valence-electron chi connectivity index (χ3n) is 2.84. The van der Waals surface area contributed by atoms with Gasteiger partial charge >= 0.3 is 0 Å². The number of nitrogens with zero attached hydrogens (tertiary/aromatic N) is 1. The minimum absolute atomic E-state index is 0.0644. The smallest absolute Gasteiger partial charge is 0.225 e. The van der Waals surface area contributed by atoms with Gasteiger partial charge in [0.1, 0.15) is 0 Å². The number of carbonyl (C=O) groups is 1. The van der Waals surface area contributed by atoms with Crippen LogP contribution in [-0.4, -0.2) is 28.9 Å². The van der Waals surface area contributed by atoms with Gasteiger partial charge in [0.15, 0.2) is 5.75 Å². The van der Waals surface area contributed by atoms with Gasteiger partial charge in [-0.2, -0.15) is 0 Å². The molecular weight excluding hydrogens is 401 g/mol. The quantitative estimate of drug-likeness (QED) is 0.448. The summed E-state index contributed by atoms with van der Waals surface area (Å²) < 4.78 is 5.60. The molecule has 0 bridgehead atoms. The van der Waals surface area contributed by atoms with Gasteiger partial charge < -0.3 is 15.8 Å². The van der Waals surface area contributed by atoms with E-state index in [1.165, 1.54) is 6.20 Å². The van der Waals surface area contributed by atoms with Gasteiger partial charge in [0, 0.05) is 30.5 Å². The average Bonchev–Trinajstić information content (AvgIpc) is 2.59. The Morgan fingerprint density at radius 3 is 2.52 bits per heavy atom. The van der Waals surface area contributed by atoms with Crippen LogP contribution in [0.3, 0.4) is 0 Å². The van der Waals surface area contributed by atoms with Crippen molar-refractivity contribution >= 4 is 56.4 Å². The van der Waals surface area contributed by atoms with Crippen molar-refractivity contribution in [3.8, 4) is 11.6 Å². The normalized spacial score (nSPS) is 10.5. The summed E-state index contributed by atoms with van der Waals surface area (Å²) in [5.41, 5.74) is 6.00. The van der Waals surface area contributed by atoms with Crippen molar-refractivity contribution in [1.29, 1.82) is 0 Å². The second-order valence-electron chi connectivity index (χ2n) is 4.77. The number of rotatable bonds is 9. The third kappa shape index (κ3) is 6.95. The highest BCUT2D eigenvalue weighted by Crippen LogP contribution is 2.35. The molecule has 1 aromatic heterocycles. The third-order valence-corrected chi connectivity index (χ3v) is 5.88. The van der Waals surface area contributed by atoms with E-state index in [1.54, 1.807) is 51.9 Å². The van der Waals surface area contributed by atoms with Crippen molar-refractivity contribution in [1.82, 2.24) is 4.98 Å². The summed E-state index contributed by atoms with van der Waals surface area (Å²) in [4.78, 5) is 16.0. The maximum atomic E-state index is 11.9. The Morgan fingerprint density at radius 2 is 1.88 bits per heavy atom. The van der Waals surface area contributed by atoms with Crippen LogP contribution in [0, 0.1) is 0 Å². The maximum absolute atomic E-state index is 11.9. The lowest BCUT2D eigenvalue weighted by Crippen LogP contribution is -2.12. The lowest BCUT2D eigenvalue weighted by Gasteiger charge is -2.09. The van der Waals surface area contributed by atoms with Crippen LogP contribution < -0.4 is 15.8 Å². The van der Waals surface area contributed by atoms with Gasteiger partial charge in [-0.05, 0) is 18.2 Å². The topological polar surface area (TPSA) is 77.2 Å². The summed E-state index contributed by atoms with van der Waals surface area (Å²) in [5.74, 6) is 2.23. The Hall–Kier alpha value is -1.12. The molecule has 0 saturated heterocycles. The summed E-state index contributed by atoms with van der Waals surface area (Å²) in [5, 5.41) is 3.59. The zero-order chi connectivity index (χ0) is 18.1. The molecule has 3 N–H and O–H groups in total. The number of nitrogens with one attached hydrogen (secondary N) is 1. The van der Waals surface area contributed by atoms with Gasteiger partial charge in [-0.3, -0.25) is 4.79 Å². The zero-order valence-electron chi connectivity index (χ0n) is 13.2. The first kappa shape index (κ1) is 20.2. The Kier molecular flexibility index (Phi) is 8.71. The molecule has 9 heteroatoms. The van der Waals surface area contributed by atoms with Crippen molar-refractivity contribution in [3.05, 3.63) is 46.6 Å². The van der Waals surface area contributed by atoms with Crippen LogP contribution >= 0.6 is 44.8 Å². The summed E-state index contributed by atoms with van der Waals surface area (Å²) in [7, 11) is 3.31. The number of pyridine rings is 1. The molecule has 5 nitrogen and oxygen atoms in total. The first-order valence-electron chi connectivity index (χ1n) is 7.42. The summed E-state index contributed by atoms with van der Waals surface area (Å²) in [6.45, 7) is 0.642. The molecule has 0 unspecified atom stereocenters. The Balaban J connectivity index is 1.84. The standard InChI is InChI=1S/C16H17Cl2N3O2S2/c17-12-2-1-3-13(18)16(12)23-15-5-4-11(10-20-15)21-14(22)6-8-24-25-9-7-19/h1-5,10H,6-9,19H2,(H,21,22). The number of hydrogen-bond donors (Lipinski definition) is 2. The van der Waals surface area contributed by atoms with Crippen LogP contribution in [0.4, 0.5) is 5.69 Å². The molecular formula is C16H17Cl2N3O2S2. The van der Waals surface area contributed by atoms with Crippen molar-refractivity contribution in [2.75, 3.05) is 23.4 Å². The minimum Gasteiger partial charge on any atom is -0.436 e. The molecule has 1 heterocycles. The number of nitrogens with two attached hydrogens (primary N) is 1. The maximum Gasteiger partial charge on any atom is 0.225 e. The fourth-order valence-electron chi connectivity index (χ4n) is 1.72. The number of amides is 1. The summed E-state index contributed by atoms with van der Waals surface area (Å²) >= 11 is 12.1. The van der Waals surface area contributed by atoms with E-state index in [0.717, 1.165) is 11.5 Å². The lowest BCUT2D eigenvalue weighted by molar-refractivity contribution is -0.115. The zero-order valence-corrected chi connectivity index (χ0v) is 16.4. The van der Waals surface area contributed by atoms with E-state index < -0.39 is 0 Å². The van der Waals surface area contributed by atoms with Gasteiger partial charge in [-0.15, -0.1) is 0 Å². The number of benzene rings is 1. The molecule has 0 saturated carbocycles. The number of hydrogen-bond acceptors (Lipinski definition) is 6. The molecule has 0 aliphatic carbocycles. The Bertz CT molecular complexity index is 682. The molecule has 0 atom stereocenters. The number of halogens is 2. The number of para-hydroxylation sites is 1. The van der Waals surface area contributed by atoms with Gasteiger partial charge in [0.05, 0.1) is 21.9 Å². The van der Waals surface area contributed by atoms with E-state index in [2.05, 4.69) is 10.3 Å². The number of anilines is 1. The molecule has 2 rings (SSSR count). The Labute approximate surface area is 164 Å².